The van der Waals surface area contributed by atoms with Crippen molar-refractivity contribution in [1.82, 2.24) is 15.2 Å². The Hall–Kier alpha value is -3.45. The normalized spacial score (nSPS) is 14.4. The largest absolute Gasteiger partial charge is 0.450 e. The lowest BCUT2D eigenvalue weighted by Gasteiger charge is -2.30. The summed E-state index contributed by atoms with van der Waals surface area (Å²) in [5.41, 5.74) is 5.46. The molecule has 7 heteroatoms. The van der Waals surface area contributed by atoms with Crippen LogP contribution in [0.5, 0.6) is 0 Å². The maximum Gasteiger partial charge on any atom is 0.287 e. The third-order valence-corrected chi connectivity index (χ3v) is 6.36. The summed E-state index contributed by atoms with van der Waals surface area (Å²) in [6.45, 7) is 9.95. The Kier molecular flexibility index (Phi) is 7.12. The molecule has 0 saturated heterocycles. The number of hydrogen-bond donors (Lipinski definition) is 2. The van der Waals surface area contributed by atoms with E-state index in [-0.39, 0.29) is 11.7 Å². The average molecular weight is 461 g/mol. The summed E-state index contributed by atoms with van der Waals surface area (Å²) >= 11 is 0. The van der Waals surface area contributed by atoms with Crippen LogP contribution in [0.3, 0.4) is 0 Å². The number of carbonyl (C=O) groups is 1. The highest BCUT2D eigenvalue weighted by Crippen LogP contribution is 2.37. The van der Waals surface area contributed by atoms with Crippen molar-refractivity contribution in [3.63, 3.8) is 0 Å². The SMILES string of the molecule is CC(C)N(CCNC(=O)c1cc(-c2ccc3c(c2)CCC3=NO)c(-c2ccncc2)o1)C(C)C. The quantitative estimate of drug-likeness (QED) is 0.365. The van der Waals surface area contributed by atoms with Gasteiger partial charge in [0.2, 0.25) is 0 Å². The molecule has 4 rings (SSSR count). The van der Waals surface area contributed by atoms with Gasteiger partial charge < -0.3 is 14.9 Å². The first-order valence-electron chi connectivity index (χ1n) is 11.8. The van der Waals surface area contributed by atoms with Crippen LogP contribution in [0.1, 0.15) is 55.8 Å². The van der Waals surface area contributed by atoms with Crippen LogP contribution in [0.25, 0.3) is 22.5 Å². The number of hydrogen-bond acceptors (Lipinski definition) is 6. The van der Waals surface area contributed by atoms with Crippen molar-refractivity contribution in [3.8, 4) is 22.5 Å². The first kappa shape index (κ1) is 23.7. The molecule has 34 heavy (non-hydrogen) atoms. The Morgan fingerprint density at radius 2 is 1.79 bits per heavy atom. The van der Waals surface area contributed by atoms with Crippen LogP contribution in [0.15, 0.2) is 58.4 Å². The molecule has 3 aromatic rings. The number of aryl methyl sites for hydroxylation is 1. The summed E-state index contributed by atoms with van der Waals surface area (Å²) < 4.78 is 6.11. The first-order valence-corrected chi connectivity index (χ1v) is 11.8. The van der Waals surface area contributed by atoms with Gasteiger partial charge in [0.25, 0.3) is 5.91 Å². The topological polar surface area (TPSA) is 91.0 Å². The van der Waals surface area contributed by atoms with Crippen LogP contribution >= 0.6 is 0 Å². The number of nitrogens with zero attached hydrogens (tertiary/aromatic N) is 3. The minimum atomic E-state index is -0.232. The Bertz CT molecular complexity index is 1170. The van der Waals surface area contributed by atoms with Crippen molar-refractivity contribution in [2.24, 2.45) is 5.16 Å². The van der Waals surface area contributed by atoms with Crippen LogP contribution < -0.4 is 5.32 Å². The number of pyridine rings is 1. The first-order chi connectivity index (χ1) is 16.4. The monoisotopic (exact) mass is 460 g/mol. The number of oxime groups is 1. The number of furan rings is 1. The standard InChI is InChI=1S/C27H32N4O3/c1-17(2)31(18(3)4)14-13-29-27(32)25-16-23(26(34-25)19-9-11-28-12-10-19)21-5-7-22-20(15-21)6-8-24(22)30-33/h5,7,9-12,15-18,33H,6,8,13-14H2,1-4H3,(H,29,32). The summed E-state index contributed by atoms with van der Waals surface area (Å²) in [6.07, 6.45) is 4.96. The van der Waals surface area contributed by atoms with Gasteiger partial charge in [0.05, 0.1) is 5.71 Å². The number of aromatic nitrogens is 1. The zero-order valence-electron chi connectivity index (χ0n) is 20.2. The summed E-state index contributed by atoms with van der Waals surface area (Å²) in [7, 11) is 0. The van der Waals surface area contributed by atoms with Crippen molar-refractivity contribution in [1.29, 1.82) is 0 Å². The molecule has 0 unspecified atom stereocenters. The summed E-state index contributed by atoms with van der Waals surface area (Å²) in [6, 6.07) is 12.4. The Morgan fingerprint density at radius 1 is 1.06 bits per heavy atom. The fraction of sp³-hybridized carbons (Fsp3) is 0.370. The van der Waals surface area contributed by atoms with E-state index in [4.69, 9.17) is 4.42 Å². The molecule has 0 saturated carbocycles. The molecule has 1 amide bonds. The molecule has 0 fully saturated rings. The molecule has 2 heterocycles. The second-order valence-electron chi connectivity index (χ2n) is 9.19. The fourth-order valence-corrected chi connectivity index (χ4v) is 4.67. The van der Waals surface area contributed by atoms with E-state index in [9.17, 15) is 10.0 Å². The maximum atomic E-state index is 13.0. The average Bonchev–Trinajstić information content (AvgIpc) is 3.46. The van der Waals surface area contributed by atoms with Gasteiger partial charge in [-0.05, 0) is 69.9 Å². The summed E-state index contributed by atoms with van der Waals surface area (Å²) in [5.74, 6) is 0.679. The number of nitrogens with one attached hydrogen (secondary N) is 1. The van der Waals surface area contributed by atoms with Crippen LogP contribution in [0, 0.1) is 0 Å². The van der Waals surface area contributed by atoms with E-state index in [1.807, 2.05) is 30.3 Å². The summed E-state index contributed by atoms with van der Waals surface area (Å²) in [4.78, 5) is 19.4. The molecule has 1 aliphatic carbocycles. The van der Waals surface area contributed by atoms with Gasteiger partial charge in [0.1, 0.15) is 5.76 Å². The molecule has 0 radical (unpaired) electrons. The molecule has 1 aromatic carbocycles. The van der Waals surface area contributed by atoms with Gasteiger partial charge in [0, 0.05) is 54.3 Å². The molecule has 0 aliphatic heterocycles. The maximum absolute atomic E-state index is 13.0. The third-order valence-electron chi connectivity index (χ3n) is 6.36. The van der Waals surface area contributed by atoms with Crippen LogP contribution in [-0.2, 0) is 6.42 Å². The van der Waals surface area contributed by atoms with Gasteiger partial charge in [-0.15, -0.1) is 0 Å². The van der Waals surface area contributed by atoms with Crippen molar-refractivity contribution in [2.75, 3.05) is 13.1 Å². The lowest BCUT2D eigenvalue weighted by Crippen LogP contribution is -2.42. The number of carbonyl (C=O) groups excluding carboxylic acids is 1. The lowest BCUT2D eigenvalue weighted by molar-refractivity contribution is 0.0913. The molecule has 7 nitrogen and oxygen atoms in total. The van der Waals surface area contributed by atoms with E-state index in [2.05, 4.69) is 54.1 Å². The second kappa shape index (κ2) is 10.2. The van der Waals surface area contributed by atoms with E-state index in [0.29, 0.717) is 30.1 Å². The van der Waals surface area contributed by atoms with Crippen LogP contribution in [0.4, 0.5) is 0 Å². The van der Waals surface area contributed by atoms with E-state index >= 15 is 0 Å². The molecule has 1 aliphatic rings. The van der Waals surface area contributed by atoms with Crippen molar-refractivity contribution < 1.29 is 14.4 Å². The van der Waals surface area contributed by atoms with Gasteiger partial charge in [-0.2, -0.15) is 0 Å². The minimum absolute atomic E-state index is 0.232. The fourth-order valence-electron chi connectivity index (χ4n) is 4.67. The van der Waals surface area contributed by atoms with Gasteiger partial charge in [0.15, 0.2) is 5.76 Å². The molecular formula is C27H32N4O3. The molecular weight excluding hydrogens is 428 g/mol. The molecule has 0 atom stereocenters. The number of amides is 1. The van der Waals surface area contributed by atoms with E-state index in [1.165, 1.54) is 0 Å². The van der Waals surface area contributed by atoms with Crippen LogP contribution in [-0.4, -0.2) is 51.9 Å². The van der Waals surface area contributed by atoms with Crippen molar-refractivity contribution in [3.05, 3.63) is 65.7 Å². The molecule has 0 bridgehead atoms. The van der Waals surface area contributed by atoms with Gasteiger partial charge in [-0.1, -0.05) is 23.4 Å². The van der Waals surface area contributed by atoms with Crippen molar-refractivity contribution in [2.45, 2.75) is 52.6 Å². The Balaban J connectivity index is 1.62. The zero-order valence-corrected chi connectivity index (χ0v) is 20.2. The third kappa shape index (κ3) is 4.89. The minimum Gasteiger partial charge on any atom is -0.450 e. The predicted octanol–water partition coefficient (Wildman–Crippen LogP) is 4.98. The van der Waals surface area contributed by atoms with E-state index in [0.717, 1.165) is 47.2 Å². The Labute approximate surface area is 200 Å². The van der Waals surface area contributed by atoms with Crippen molar-refractivity contribution >= 4 is 11.6 Å². The highest BCUT2D eigenvalue weighted by molar-refractivity contribution is 6.05. The number of benzene rings is 1. The van der Waals surface area contributed by atoms with E-state index < -0.39 is 0 Å². The van der Waals surface area contributed by atoms with Crippen LogP contribution in [0.2, 0.25) is 0 Å². The summed E-state index contributed by atoms with van der Waals surface area (Å²) in [5, 5.41) is 15.7. The molecule has 178 valence electrons. The predicted molar refractivity (Wildman–Crippen MR) is 133 cm³/mol. The highest BCUT2D eigenvalue weighted by atomic mass is 16.4. The van der Waals surface area contributed by atoms with Gasteiger partial charge in [-0.25, -0.2) is 0 Å². The molecule has 2 N–H and O–H groups in total. The molecule has 2 aromatic heterocycles. The second-order valence-corrected chi connectivity index (χ2v) is 9.19. The lowest BCUT2D eigenvalue weighted by atomic mass is 9.98. The molecule has 0 spiro atoms. The smallest absolute Gasteiger partial charge is 0.287 e. The van der Waals surface area contributed by atoms with Gasteiger partial charge >= 0.3 is 0 Å². The highest BCUT2D eigenvalue weighted by Gasteiger charge is 2.23. The number of fused-ring (bicyclic) bond motifs is 1. The van der Waals surface area contributed by atoms with Gasteiger partial charge in [-0.3, -0.25) is 14.7 Å². The Morgan fingerprint density at radius 3 is 2.47 bits per heavy atom. The zero-order chi connectivity index (χ0) is 24.2. The van der Waals surface area contributed by atoms with E-state index in [1.54, 1.807) is 12.4 Å². The number of rotatable bonds is 8.